The van der Waals surface area contributed by atoms with Gasteiger partial charge >= 0.3 is 0 Å². The lowest BCUT2D eigenvalue weighted by Crippen LogP contribution is -2.29. The Kier molecular flexibility index (Phi) is 5.71. The highest BCUT2D eigenvalue weighted by Crippen LogP contribution is 2.45. The van der Waals surface area contributed by atoms with E-state index in [0.717, 1.165) is 5.56 Å². The lowest BCUT2D eigenvalue weighted by molar-refractivity contribution is -0.132. The predicted octanol–water partition coefficient (Wildman–Crippen LogP) is 5.35. The van der Waals surface area contributed by atoms with Gasteiger partial charge < -0.3 is 19.3 Å². The van der Waals surface area contributed by atoms with Crippen molar-refractivity contribution >= 4 is 23.1 Å². The summed E-state index contributed by atoms with van der Waals surface area (Å²) in [4.78, 5) is 28.2. The molecular weight excluding hydrogens is 458 g/mol. The second-order valence-corrected chi connectivity index (χ2v) is 9.81. The molecule has 0 spiro atoms. The van der Waals surface area contributed by atoms with Crippen LogP contribution in [0.1, 0.15) is 43.5 Å². The second kappa shape index (κ2) is 8.75. The summed E-state index contributed by atoms with van der Waals surface area (Å²) in [6.45, 7) is 6.44. The quantitative estimate of drug-likeness (QED) is 0.305. The summed E-state index contributed by atoms with van der Waals surface area (Å²) in [7, 11) is 1.55. The first-order valence-electron chi connectivity index (χ1n) is 11.6. The number of benzene rings is 3. The Hall–Kier alpha value is -4.26. The van der Waals surface area contributed by atoms with Crippen LogP contribution in [0.4, 0.5) is 5.69 Å². The first-order valence-corrected chi connectivity index (χ1v) is 11.6. The Labute approximate surface area is 209 Å². The van der Waals surface area contributed by atoms with E-state index in [1.165, 1.54) is 4.90 Å². The molecule has 184 valence electrons. The summed E-state index contributed by atoms with van der Waals surface area (Å²) in [6, 6.07) is 18.7. The summed E-state index contributed by atoms with van der Waals surface area (Å²) in [5.41, 5.74) is 2.65. The number of ketones is 1. The summed E-state index contributed by atoms with van der Waals surface area (Å²) in [5.74, 6) is -0.0587. The van der Waals surface area contributed by atoms with Gasteiger partial charge in [0.05, 0.1) is 18.7 Å². The number of hydrogen-bond acceptors (Lipinski definition) is 6. The zero-order valence-electron chi connectivity index (χ0n) is 20.6. The largest absolute Gasteiger partial charge is 0.507 e. The topological polar surface area (TPSA) is 85.3 Å². The van der Waals surface area contributed by atoms with E-state index >= 15 is 0 Å². The average Bonchev–Trinajstić information content (AvgIpc) is 3.45. The van der Waals surface area contributed by atoms with Crippen LogP contribution in [-0.2, 0) is 15.0 Å². The van der Waals surface area contributed by atoms with Crippen molar-refractivity contribution in [2.24, 2.45) is 0 Å². The van der Waals surface area contributed by atoms with Crippen LogP contribution in [0.3, 0.4) is 0 Å². The van der Waals surface area contributed by atoms with Crippen molar-refractivity contribution in [2.45, 2.75) is 32.2 Å². The van der Waals surface area contributed by atoms with Crippen LogP contribution >= 0.6 is 0 Å². The fourth-order valence-corrected chi connectivity index (χ4v) is 4.52. The molecule has 2 heterocycles. The number of methoxy groups -OCH3 is 1. The highest BCUT2D eigenvalue weighted by molar-refractivity contribution is 6.51. The van der Waals surface area contributed by atoms with Crippen LogP contribution in [0.5, 0.6) is 17.2 Å². The number of amides is 1. The number of Topliss-reactive ketones (excluding diaryl/α,β-unsaturated/α-hetero) is 1. The molecular formula is C29H27NO6. The van der Waals surface area contributed by atoms with Crippen LogP contribution in [-0.4, -0.2) is 30.7 Å². The number of anilines is 1. The number of aliphatic hydroxyl groups is 1. The monoisotopic (exact) mass is 485 g/mol. The minimum atomic E-state index is -0.832. The Bertz CT molecular complexity index is 1370. The predicted molar refractivity (Wildman–Crippen MR) is 135 cm³/mol. The van der Waals surface area contributed by atoms with Crippen LogP contribution < -0.4 is 19.1 Å². The molecule has 0 saturated carbocycles. The van der Waals surface area contributed by atoms with Crippen molar-refractivity contribution in [3.05, 3.63) is 89.0 Å². The SMILES string of the molecule is COc1ccc(/C(O)=C2\C(=O)C(=O)N(c3ccc4c(c3)OCO4)C2c2ccc(C(C)(C)C)cc2)cc1. The molecule has 3 aromatic carbocycles. The van der Waals surface area contributed by atoms with E-state index in [1.807, 2.05) is 24.3 Å². The zero-order chi connectivity index (χ0) is 25.6. The third-order valence-corrected chi connectivity index (χ3v) is 6.53. The molecule has 1 fully saturated rings. The van der Waals surface area contributed by atoms with E-state index in [2.05, 4.69) is 20.8 Å². The van der Waals surface area contributed by atoms with Gasteiger partial charge in [-0.3, -0.25) is 14.5 Å². The Balaban J connectivity index is 1.67. The first-order chi connectivity index (χ1) is 17.2. The number of carbonyl (C=O) groups is 2. The van der Waals surface area contributed by atoms with Crippen molar-refractivity contribution in [1.82, 2.24) is 0 Å². The van der Waals surface area contributed by atoms with Gasteiger partial charge in [0.1, 0.15) is 11.5 Å². The minimum absolute atomic E-state index is 0.0198. The molecule has 7 heteroatoms. The van der Waals surface area contributed by atoms with Crippen LogP contribution in [0.15, 0.2) is 72.3 Å². The van der Waals surface area contributed by atoms with Crippen molar-refractivity contribution in [3.8, 4) is 17.2 Å². The molecule has 1 unspecified atom stereocenters. The van der Waals surface area contributed by atoms with E-state index in [0.29, 0.717) is 34.1 Å². The lowest BCUT2D eigenvalue weighted by atomic mass is 9.85. The summed E-state index contributed by atoms with van der Waals surface area (Å²) in [6.07, 6.45) is 0. The molecule has 3 aromatic rings. The zero-order valence-corrected chi connectivity index (χ0v) is 20.6. The molecule has 2 aliphatic rings. The highest BCUT2D eigenvalue weighted by atomic mass is 16.7. The smallest absolute Gasteiger partial charge is 0.300 e. The fourth-order valence-electron chi connectivity index (χ4n) is 4.52. The molecule has 0 radical (unpaired) electrons. The minimum Gasteiger partial charge on any atom is -0.507 e. The van der Waals surface area contributed by atoms with E-state index in [1.54, 1.807) is 49.6 Å². The molecule has 1 N–H and O–H groups in total. The molecule has 1 atom stereocenters. The summed E-state index contributed by atoms with van der Waals surface area (Å²) < 4.78 is 16.1. The fraction of sp³-hybridized carbons (Fsp3) is 0.241. The van der Waals surface area contributed by atoms with E-state index in [9.17, 15) is 14.7 Å². The average molecular weight is 486 g/mol. The lowest BCUT2D eigenvalue weighted by Gasteiger charge is -2.26. The van der Waals surface area contributed by atoms with Crippen molar-refractivity contribution < 1.29 is 28.9 Å². The van der Waals surface area contributed by atoms with Crippen LogP contribution in [0.2, 0.25) is 0 Å². The third kappa shape index (κ3) is 3.96. The standard InChI is InChI=1S/C29H27NO6/c1-29(2,3)19-9-5-17(6-10-19)25-24(26(31)18-7-12-21(34-4)13-8-18)27(32)28(33)30(25)20-11-14-22-23(15-20)36-16-35-22/h5-15,25,31H,16H2,1-4H3/b26-24+. The molecule has 5 rings (SSSR count). The Morgan fingerprint density at radius 2 is 1.61 bits per heavy atom. The van der Waals surface area contributed by atoms with E-state index in [-0.39, 0.29) is 23.5 Å². The highest BCUT2D eigenvalue weighted by Gasteiger charge is 2.47. The number of fused-ring (bicyclic) bond motifs is 1. The Morgan fingerprint density at radius 3 is 2.25 bits per heavy atom. The molecule has 0 bridgehead atoms. The molecule has 1 amide bonds. The van der Waals surface area contributed by atoms with Gasteiger partial charge in [0.2, 0.25) is 6.79 Å². The number of rotatable bonds is 4. The maximum atomic E-state index is 13.4. The normalized spacial score (nSPS) is 18.6. The molecule has 0 aliphatic carbocycles. The van der Waals surface area contributed by atoms with Gasteiger partial charge in [0, 0.05) is 17.3 Å². The van der Waals surface area contributed by atoms with Crippen molar-refractivity contribution in [1.29, 1.82) is 0 Å². The molecule has 36 heavy (non-hydrogen) atoms. The van der Waals surface area contributed by atoms with Gasteiger partial charge in [-0.25, -0.2) is 0 Å². The number of ether oxygens (including phenoxy) is 3. The van der Waals surface area contributed by atoms with Gasteiger partial charge in [-0.1, -0.05) is 45.0 Å². The third-order valence-electron chi connectivity index (χ3n) is 6.53. The summed E-state index contributed by atoms with van der Waals surface area (Å²) in [5, 5.41) is 11.3. The number of carbonyl (C=O) groups excluding carboxylic acids is 2. The van der Waals surface area contributed by atoms with Gasteiger partial charge in [0.15, 0.2) is 11.5 Å². The maximum absolute atomic E-state index is 13.4. The van der Waals surface area contributed by atoms with Crippen LogP contribution in [0, 0.1) is 0 Å². The molecule has 2 aliphatic heterocycles. The summed E-state index contributed by atoms with van der Waals surface area (Å²) >= 11 is 0. The maximum Gasteiger partial charge on any atom is 0.300 e. The molecule has 1 saturated heterocycles. The number of nitrogens with zero attached hydrogens (tertiary/aromatic N) is 1. The van der Waals surface area contributed by atoms with E-state index in [4.69, 9.17) is 14.2 Å². The van der Waals surface area contributed by atoms with Gasteiger partial charge in [-0.05, 0) is 52.9 Å². The van der Waals surface area contributed by atoms with Crippen LogP contribution in [0.25, 0.3) is 5.76 Å². The second-order valence-electron chi connectivity index (χ2n) is 9.81. The molecule has 7 nitrogen and oxygen atoms in total. The van der Waals surface area contributed by atoms with Crippen molar-refractivity contribution in [2.75, 3.05) is 18.8 Å². The van der Waals surface area contributed by atoms with Gasteiger partial charge in [-0.2, -0.15) is 0 Å². The van der Waals surface area contributed by atoms with Crippen molar-refractivity contribution in [3.63, 3.8) is 0 Å². The van der Waals surface area contributed by atoms with Gasteiger partial charge in [-0.15, -0.1) is 0 Å². The Morgan fingerprint density at radius 1 is 0.944 bits per heavy atom. The first kappa shape index (κ1) is 23.5. The number of aliphatic hydroxyl groups excluding tert-OH is 1. The number of hydrogen-bond donors (Lipinski definition) is 1. The van der Waals surface area contributed by atoms with E-state index < -0.39 is 17.7 Å². The van der Waals surface area contributed by atoms with Gasteiger partial charge in [0.25, 0.3) is 11.7 Å². The molecule has 0 aromatic heterocycles.